The van der Waals surface area contributed by atoms with E-state index in [2.05, 4.69) is 13.8 Å². The summed E-state index contributed by atoms with van der Waals surface area (Å²) in [4.78, 5) is 22.4. The van der Waals surface area contributed by atoms with Crippen LogP contribution in [0.2, 0.25) is 0 Å². The zero-order valence-corrected chi connectivity index (χ0v) is 24.3. The van der Waals surface area contributed by atoms with Crippen LogP contribution in [0.15, 0.2) is 0 Å². The maximum atomic E-state index is 13.0. The fourth-order valence-corrected chi connectivity index (χ4v) is 6.54. The van der Waals surface area contributed by atoms with E-state index in [9.17, 15) is 19.4 Å². The molecule has 6 nitrogen and oxygen atoms in total. The summed E-state index contributed by atoms with van der Waals surface area (Å²) in [5.74, 6) is -0.485. The highest BCUT2D eigenvalue weighted by Crippen LogP contribution is 2.57. The smallest absolute Gasteiger partial charge is 0.371 e. The predicted octanol–water partition coefficient (Wildman–Crippen LogP) is 8.41. The van der Waals surface area contributed by atoms with Crippen LogP contribution in [0.3, 0.4) is 0 Å². The summed E-state index contributed by atoms with van der Waals surface area (Å²) >= 11 is 1.79. The fraction of sp³-hybridized carbons (Fsp3) is 0.962. The van der Waals surface area contributed by atoms with Crippen molar-refractivity contribution in [1.82, 2.24) is 0 Å². The van der Waals surface area contributed by atoms with Crippen molar-refractivity contribution in [2.75, 3.05) is 12.4 Å². The lowest BCUT2D eigenvalue weighted by atomic mass is 10.1. The van der Waals surface area contributed by atoms with Gasteiger partial charge in [-0.1, -0.05) is 97.8 Å². The van der Waals surface area contributed by atoms with Crippen LogP contribution >= 0.6 is 19.4 Å². The normalized spacial score (nSPS) is 17.1. The summed E-state index contributed by atoms with van der Waals surface area (Å²) in [6.07, 6.45) is 16.9. The van der Waals surface area contributed by atoms with Gasteiger partial charge in [-0.3, -0.25) is 4.57 Å². The molecule has 204 valence electrons. The van der Waals surface area contributed by atoms with E-state index in [1.54, 1.807) is 18.7 Å². The SMILES string of the molecule is CCCCCCCCCCCSC(CCCCCC)C(C)OP(=O)(O)C(C)(OCCC)C(=O)O. The molecule has 0 fully saturated rings. The number of carboxylic acids is 1. The third-order valence-electron chi connectivity index (χ3n) is 6.28. The van der Waals surface area contributed by atoms with Crippen molar-refractivity contribution >= 4 is 25.3 Å². The monoisotopic (exact) mass is 524 g/mol. The van der Waals surface area contributed by atoms with Gasteiger partial charge in [-0.2, -0.15) is 11.8 Å². The van der Waals surface area contributed by atoms with Crippen molar-refractivity contribution in [1.29, 1.82) is 0 Å². The maximum absolute atomic E-state index is 13.0. The van der Waals surface area contributed by atoms with Gasteiger partial charge in [0.05, 0.1) is 6.10 Å². The minimum atomic E-state index is -4.56. The Balaban J connectivity index is 4.78. The van der Waals surface area contributed by atoms with Crippen LogP contribution in [0, 0.1) is 0 Å². The minimum absolute atomic E-state index is 0.0515. The molecule has 2 N–H and O–H groups in total. The molecule has 0 amide bonds. The molecule has 0 aliphatic carbocycles. The Labute approximate surface area is 213 Å². The van der Waals surface area contributed by atoms with Gasteiger partial charge in [0.15, 0.2) is 0 Å². The molecule has 0 aromatic heterocycles. The molecule has 4 unspecified atom stereocenters. The average molecular weight is 525 g/mol. The van der Waals surface area contributed by atoms with E-state index >= 15 is 0 Å². The number of carboxylic acid groups (broad SMARTS) is 1. The second-order valence-corrected chi connectivity index (χ2v) is 13.0. The van der Waals surface area contributed by atoms with Gasteiger partial charge < -0.3 is 19.3 Å². The summed E-state index contributed by atoms with van der Waals surface area (Å²) in [5.41, 5.74) is 0. The Hall–Kier alpha value is -0.0700. The van der Waals surface area contributed by atoms with Crippen molar-refractivity contribution in [3.05, 3.63) is 0 Å². The summed E-state index contributed by atoms with van der Waals surface area (Å²) in [5, 5.41) is 7.40. The zero-order valence-electron chi connectivity index (χ0n) is 22.6. The van der Waals surface area contributed by atoms with Crippen molar-refractivity contribution in [3.63, 3.8) is 0 Å². The first kappa shape index (κ1) is 33.9. The number of thioether (sulfide) groups is 1. The van der Waals surface area contributed by atoms with E-state index in [1.165, 1.54) is 57.8 Å². The van der Waals surface area contributed by atoms with Crippen LogP contribution in [0.4, 0.5) is 0 Å². The Morgan fingerprint density at radius 2 is 1.38 bits per heavy atom. The molecular weight excluding hydrogens is 471 g/mol. The lowest BCUT2D eigenvalue weighted by Gasteiger charge is -2.33. The number of carbonyl (C=O) groups is 1. The molecule has 0 radical (unpaired) electrons. The second kappa shape index (κ2) is 20.0. The molecule has 0 heterocycles. The Morgan fingerprint density at radius 1 is 0.882 bits per heavy atom. The van der Waals surface area contributed by atoms with E-state index in [0.29, 0.717) is 6.42 Å². The zero-order chi connectivity index (χ0) is 25.9. The second-order valence-electron chi connectivity index (χ2n) is 9.55. The number of hydrogen-bond donors (Lipinski definition) is 2. The third-order valence-corrected chi connectivity index (χ3v) is 9.87. The van der Waals surface area contributed by atoms with Gasteiger partial charge in [-0.15, -0.1) is 0 Å². The van der Waals surface area contributed by atoms with Gasteiger partial charge in [-0.25, -0.2) is 4.79 Å². The summed E-state index contributed by atoms with van der Waals surface area (Å²) in [6.45, 7) is 9.25. The quantitative estimate of drug-likeness (QED) is 0.0967. The van der Waals surface area contributed by atoms with Crippen LogP contribution in [0.5, 0.6) is 0 Å². The van der Waals surface area contributed by atoms with Crippen molar-refractivity contribution < 1.29 is 28.6 Å². The molecular formula is C26H53O6PS. The van der Waals surface area contributed by atoms with Gasteiger partial charge >= 0.3 is 13.6 Å². The maximum Gasteiger partial charge on any atom is 0.371 e. The van der Waals surface area contributed by atoms with E-state index in [4.69, 9.17) is 9.26 Å². The molecule has 0 aliphatic rings. The highest BCUT2D eigenvalue weighted by Gasteiger charge is 2.54. The van der Waals surface area contributed by atoms with Crippen LogP contribution in [0.25, 0.3) is 0 Å². The summed E-state index contributed by atoms with van der Waals surface area (Å²) in [7, 11) is -4.56. The molecule has 0 aliphatic heterocycles. The molecule has 34 heavy (non-hydrogen) atoms. The number of hydrogen-bond acceptors (Lipinski definition) is 5. The first-order valence-corrected chi connectivity index (χ1v) is 16.3. The highest BCUT2D eigenvalue weighted by molar-refractivity contribution is 7.99. The first-order valence-electron chi connectivity index (χ1n) is 13.7. The number of ether oxygens (including phenoxy) is 1. The molecule has 8 heteroatoms. The largest absolute Gasteiger partial charge is 0.479 e. The van der Waals surface area contributed by atoms with E-state index in [-0.39, 0.29) is 11.9 Å². The van der Waals surface area contributed by atoms with E-state index < -0.39 is 25.0 Å². The highest BCUT2D eigenvalue weighted by atomic mass is 32.2. The molecule has 0 rings (SSSR count). The van der Waals surface area contributed by atoms with Crippen molar-refractivity contribution in [3.8, 4) is 0 Å². The summed E-state index contributed by atoms with van der Waals surface area (Å²) < 4.78 is 24.0. The molecule has 0 spiro atoms. The van der Waals surface area contributed by atoms with Gasteiger partial charge in [0, 0.05) is 11.9 Å². The molecule has 0 saturated carbocycles. The minimum Gasteiger partial charge on any atom is -0.479 e. The van der Waals surface area contributed by atoms with Crippen molar-refractivity contribution in [2.45, 2.75) is 148 Å². The lowest BCUT2D eigenvalue weighted by molar-refractivity contribution is -0.155. The number of unbranched alkanes of at least 4 members (excludes halogenated alkanes) is 11. The Kier molecular flexibility index (Phi) is 20.0. The Bertz CT molecular complexity index is 561. The van der Waals surface area contributed by atoms with Crippen LogP contribution in [-0.4, -0.2) is 45.0 Å². The van der Waals surface area contributed by atoms with Crippen LogP contribution < -0.4 is 0 Å². The fourth-order valence-electron chi connectivity index (χ4n) is 3.83. The van der Waals surface area contributed by atoms with Crippen LogP contribution in [0.1, 0.15) is 131 Å². The van der Waals surface area contributed by atoms with Gasteiger partial charge in [0.2, 0.25) is 0 Å². The lowest BCUT2D eigenvalue weighted by Crippen LogP contribution is -2.40. The van der Waals surface area contributed by atoms with Gasteiger partial charge in [0.1, 0.15) is 0 Å². The molecule has 0 saturated heterocycles. The molecule has 0 bridgehead atoms. The molecule has 0 aromatic rings. The standard InChI is InChI=1S/C26H53O6PS/c1-6-9-11-13-14-15-16-17-19-22-34-24(20-18-12-10-7-2)23(4)32-33(29,30)26(5,25(27)28)31-21-8-3/h23-24H,6-22H2,1-5H3,(H,27,28)(H,29,30). The van der Waals surface area contributed by atoms with E-state index in [1.807, 2.05) is 6.92 Å². The number of aliphatic carboxylic acids is 1. The predicted molar refractivity (Wildman–Crippen MR) is 145 cm³/mol. The summed E-state index contributed by atoms with van der Waals surface area (Å²) in [6, 6.07) is 0. The Morgan fingerprint density at radius 3 is 1.88 bits per heavy atom. The van der Waals surface area contributed by atoms with Gasteiger partial charge in [-0.05, 0) is 38.9 Å². The van der Waals surface area contributed by atoms with Crippen molar-refractivity contribution in [2.24, 2.45) is 0 Å². The van der Waals surface area contributed by atoms with Crippen LogP contribution in [-0.2, 0) is 18.6 Å². The van der Waals surface area contributed by atoms with E-state index in [0.717, 1.165) is 44.8 Å². The third kappa shape index (κ3) is 13.9. The first-order chi connectivity index (χ1) is 16.2. The topological polar surface area (TPSA) is 93.1 Å². The van der Waals surface area contributed by atoms with Gasteiger partial charge in [0.25, 0.3) is 5.34 Å². The molecule has 0 aromatic carbocycles. The number of rotatable bonds is 24. The molecule has 4 atom stereocenters. The average Bonchev–Trinajstić information content (AvgIpc) is 2.79.